The number of carbonyl (C=O) groups excluding carboxylic acids is 2. The molecular formula is C14H21N3O3. The molecule has 1 saturated heterocycles. The van der Waals surface area contributed by atoms with Crippen molar-refractivity contribution in [2.24, 2.45) is 0 Å². The lowest BCUT2D eigenvalue weighted by atomic mass is 10.2. The molecule has 0 aliphatic carbocycles. The summed E-state index contributed by atoms with van der Waals surface area (Å²) in [4.78, 5) is 25.9. The van der Waals surface area contributed by atoms with E-state index in [1.807, 2.05) is 11.5 Å². The number of ether oxygens (including phenoxy) is 1. The molecule has 1 unspecified atom stereocenters. The average molecular weight is 279 g/mol. The first-order chi connectivity index (χ1) is 9.58. The highest BCUT2D eigenvalue weighted by Crippen LogP contribution is 2.23. The van der Waals surface area contributed by atoms with Crippen LogP contribution in [0.15, 0.2) is 12.3 Å². The molecule has 110 valence electrons. The second kappa shape index (κ2) is 5.98. The monoisotopic (exact) mass is 279 g/mol. The highest BCUT2D eigenvalue weighted by atomic mass is 16.5. The van der Waals surface area contributed by atoms with Gasteiger partial charge in [-0.1, -0.05) is 6.92 Å². The number of methoxy groups -OCH3 is 1. The third-order valence-corrected chi connectivity index (χ3v) is 3.59. The van der Waals surface area contributed by atoms with E-state index >= 15 is 0 Å². The first kappa shape index (κ1) is 14.4. The molecule has 0 bridgehead atoms. The van der Waals surface area contributed by atoms with Crippen molar-refractivity contribution in [3.8, 4) is 0 Å². The smallest absolute Gasteiger partial charge is 0.328 e. The molecule has 0 radical (unpaired) electrons. The molecule has 20 heavy (non-hydrogen) atoms. The number of rotatable bonds is 4. The molecule has 1 aromatic heterocycles. The Hall–Kier alpha value is -1.98. The quantitative estimate of drug-likeness (QED) is 0.842. The van der Waals surface area contributed by atoms with E-state index < -0.39 is 6.04 Å². The van der Waals surface area contributed by atoms with E-state index in [1.54, 1.807) is 17.2 Å². The summed E-state index contributed by atoms with van der Waals surface area (Å²) in [5, 5.41) is 0. The van der Waals surface area contributed by atoms with Crippen molar-refractivity contribution in [1.29, 1.82) is 0 Å². The summed E-state index contributed by atoms with van der Waals surface area (Å²) in [5.74, 6) is -0.500. The van der Waals surface area contributed by atoms with E-state index in [2.05, 4.69) is 0 Å². The van der Waals surface area contributed by atoms with Gasteiger partial charge in [0, 0.05) is 19.3 Å². The number of amides is 1. The van der Waals surface area contributed by atoms with Crippen molar-refractivity contribution < 1.29 is 14.3 Å². The Labute approximate surface area is 118 Å². The molecule has 6 nitrogen and oxygen atoms in total. The highest BCUT2D eigenvalue weighted by molar-refractivity contribution is 5.96. The molecule has 2 rings (SSSR count). The Kier molecular flexibility index (Phi) is 4.32. The van der Waals surface area contributed by atoms with E-state index in [-0.39, 0.29) is 11.9 Å². The lowest BCUT2D eigenvalue weighted by Crippen LogP contribution is -2.41. The number of anilines is 1. The van der Waals surface area contributed by atoms with Crippen molar-refractivity contribution in [3.05, 3.63) is 18.0 Å². The molecule has 1 atom stereocenters. The van der Waals surface area contributed by atoms with Crippen LogP contribution in [0.25, 0.3) is 0 Å². The van der Waals surface area contributed by atoms with Gasteiger partial charge >= 0.3 is 5.97 Å². The van der Waals surface area contributed by atoms with Crippen molar-refractivity contribution in [1.82, 2.24) is 9.47 Å². The third-order valence-electron chi connectivity index (χ3n) is 3.59. The number of nitrogens with zero attached hydrogens (tertiary/aromatic N) is 2. The van der Waals surface area contributed by atoms with Gasteiger partial charge in [-0.2, -0.15) is 0 Å². The summed E-state index contributed by atoms with van der Waals surface area (Å²) in [7, 11) is 1.35. The minimum atomic E-state index is -0.473. The van der Waals surface area contributed by atoms with Crippen LogP contribution in [0.1, 0.15) is 36.7 Å². The minimum Gasteiger partial charge on any atom is -0.467 e. The van der Waals surface area contributed by atoms with E-state index in [1.165, 1.54) is 7.11 Å². The first-order valence-corrected chi connectivity index (χ1v) is 6.93. The number of carbonyl (C=O) groups is 2. The summed E-state index contributed by atoms with van der Waals surface area (Å²) in [5.41, 5.74) is 6.89. The van der Waals surface area contributed by atoms with Crippen molar-refractivity contribution in [3.63, 3.8) is 0 Å². The van der Waals surface area contributed by atoms with Crippen LogP contribution in [0.2, 0.25) is 0 Å². The number of likely N-dealkylation sites (tertiary alicyclic amines) is 1. The highest BCUT2D eigenvalue weighted by Gasteiger charge is 2.36. The van der Waals surface area contributed by atoms with Crippen molar-refractivity contribution in [2.75, 3.05) is 19.4 Å². The maximum atomic E-state index is 12.6. The van der Waals surface area contributed by atoms with Crippen LogP contribution in [0.3, 0.4) is 0 Å². The van der Waals surface area contributed by atoms with Crippen LogP contribution in [-0.4, -0.2) is 41.0 Å². The van der Waals surface area contributed by atoms with E-state index in [0.29, 0.717) is 24.3 Å². The van der Waals surface area contributed by atoms with Gasteiger partial charge in [0.1, 0.15) is 11.7 Å². The molecular weight excluding hydrogens is 258 g/mol. The fourth-order valence-electron chi connectivity index (χ4n) is 2.68. The SMILES string of the molecule is CCCn1cc(N)cc1C(=O)N1CCCC1C(=O)OC. The number of esters is 1. The van der Waals surface area contributed by atoms with Crippen LogP contribution in [0.4, 0.5) is 5.69 Å². The molecule has 0 aromatic carbocycles. The Bertz CT molecular complexity index is 510. The summed E-state index contributed by atoms with van der Waals surface area (Å²) in [6.07, 6.45) is 4.15. The van der Waals surface area contributed by atoms with Crippen LogP contribution in [0, 0.1) is 0 Å². The fraction of sp³-hybridized carbons (Fsp3) is 0.571. The van der Waals surface area contributed by atoms with Gasteiger partial charge in [-0.05, 0) is 25.3 Å². The van der Waals surface area contributed by atoms with Gasteiger partial charge in [0.15, 0.2) is 0 Å². The van der Waals surface area contributed by atoms with Crippen LogP contribution in [-0.2, 0) is 16.1 Å². The zero-order chi connectivity index (χ0) is 14.7. The lowest BCUT2D eigenvalue weighted by Gasteiger charge is -2.23. The molecule has 1 fully saturated rings. The molecule has 0 saturated carbocycles. The maximum Gasteiger partial charge on any atom is 0.328 e. The summed E-state index contributed by atoms with van der Waals surface area (Å²) >= 11 is 0. The van der Waals surface area contributed by atoms with E-state index in [4.69, 9.17) is 10.5 Å². The molecule has 2 heterocycles. The molecule has 1 aromatic rings. The fourth-order valence-corrected chi connectivity index (χ4v) is 2.68. The topological polar surface area (TPSA) is 77.6 Å². The number of hydrogen-bond acceptors (Lipinski definition) is 4. The number of aromatic nitrogens is 1. The zero-order valence-electron chi connectivity index (χ0n) is 12.0. The predicted molar refractivity (Wildman–Crippen MR) is 75.2 cm³/mol. The second-order valence-corrected chi connectivity index (χ2v) is 5.03. The van der Waals surface area contributed by atoms with Crippen LogP contribution in [0.5, 0.6) is 0 Å². The normalized spacial score (nSPS) is 18.3. The number of aryl methyl sites for hydroxylation is 1. The number of hydrogen-bond donors (Lipinski definition) is 1. The summed E-state index contributed by atoms with van der Waals surface area (Å²) in [6.45, 7) is 3.35. The standard InChI is InChI=1S/C14H21N3O3/c1-3-6-16-9-10(15)8-12(16)13(18)17-7-4-5-11(17)14(19)20-2/h8-9,11H,3-7,15H2,1-2H3. The van der Waals surface area contributed by atoms with Gasteiger partial charge in [-0.25, -0.2) is 4.79 Å². The minimum absolute atomic E-state index is 0.150. The van der Waals surface area contributed by atoms with Gasteiger partial charge in [-0.15, -0.1) is 0 Å². The van der Waals surface area contributed by atoms with Crippen LogP contribution >= 0.6 is 0 Å². The molecule has 1 amide bonds. The van der Waals surface area contributed by atoms with Crippen molar-refractivity contribution in [2.45, 2.75) is 38.8 Å². The largest absolute Gasteiger partial charge is 0.467 e. The second-order valence-electron chi connectivity index (χ2n) is 5.03. The maximum absolute atomic E-state index is 12.6. The molecule has 2 N–H and O–H groups in total. The molecule has 6 heteroatoms. The first-order valence-electron chi connectivity index (χ1n) is 6.93. The Morgan fingerprint density at radius 2 is 2.25 bits per heavy atom. The Balaban J connectivity index is 2.24. The summed E-state index contributed by atoms with van der Waals surface area (Å²) < 4.78 is 6.62. The average Bonchev–Trinajstić information content (AvgIpc) is 3.04. The van der Waals surface area contributed by atoms with Gasteiger partial charge in [-0.3, -0.25) is 4.79 Å². The Morgan fingerprint density at radius 1 is 1.50 bits per heavy atom. The van der Waals surface area contributed by atoms with Crippen LogP contribution < -0.4 is 5.73 Å². The third kappa shape index (κ3) is 2.64. The number of nitrogens with two attached hydrogens (primary N) is 1. The molecule has 0 spiro atoms. The van der Waals surface area contributed by atoms with Gasteiger partial charge < -0.3 is 19.9 Å². The predicted octanol–water partition coefficient (Wildman–Crippen LogP) is 1.26. The molecule has 1 aliphatic heterocycles. The van der Waals surface area contributed by atoms with E-state index in [0.717, 1.165) is 19.4 Å². The summed E-state index contributed by atoms with van der Waals surface area (Å²) in [6, 6.07) is 1.20. The van der Waals surface area contributed by atoms with Gasteiger partial charge in [0.2, 0.25) is 0 Å². The molecule has 1 aliphatic rings. The van der Waals surface area contributed by atoms with Crippen molar-refractivity contribution >= 4 is 17.6 Å². The Morgan fingerprint density at radius 3 is 2.90 bits per heavy atom. The van der Waals surface area contributed by atoms with Gasteiger partial charge in [0.25, 0.3) is 5.91 Å². The lowest BCUT2D eigenvalue weighted by molar-refractivity contribution is -0.145. The van der Waals surface area contributed by atoms with E-state index in [9.17, 15) is 9.59 Å². The number of nitrogen functional groups attached to an aromatic ring is 1. The zero-order valence-corrected chi connectivity index (χ0v) is 12.0. The van der Waals surface area contributed by atoms with Gasteiger partial charge in [0.05, 0.1) is 12.8 Å².